The van der Waals surface area contributed by atoms with Crippen LogP contribution in [0.3, 0.4) is 0 Å². The SMILES string of the molecule is CCOc1cc(CNC(C)(C)CC(C)(C)C)c(Cl)cc1OCc1ccccc1. The molecule has 0 amide bonds. The third-order valence-corrected chi connectivity index (χ3v) is 4.73. The highest BCUT2D eigenvalue weighted by atomic mass is 35.5. The number of rotatable bonds is 9. The normalized spacial score (nSPS) is 12.1. The topological polar surface area (TPSA) is 30.5 Å². The van der Waals surface area contributed by atoms with Gasteiger partial charge in [-0.2, -0.15) is 0 Å². The minimum absolute atomic E-state index is 0.00976. The molecule has 0 heterocycles. The average molecular weight is 404 g/mol. The molecule has 0 aliphatic carbocycles. The van der Waals surface area contributed by atoms with Gasteiger partial charge in [0, 0.05) is 23.2 Å². The lowest BCUT2D eigenvalue weighted by atomic mass is 9.82. The molecule has 0 spiro atoms. The van der Waals surface area contributed by atoms with Gasteiger partial charge in [0.2, 0.25) is 0 Å². The molecule has 0 aliphatic heterocycles. The molecule has 0 unspecified atom stereocenters. The lowest BCUT2D eigenvalue weighted by Crippen LogP contribution is -2.41. The van der Waals surface area contributed by atoms with E-state index in [1.54, 1.807) is 0 Å². The molecule has 0 atom stereocenters. The van der Waals surface area contributed by atoms with Crippen LogP contribution in [0.2, 0.25) is 5.02 Å². The Morgan fingerprint density at radius 2 is 1.57 bits per heavy atom. The Bertz CT molecular complexity index is 751. The third-order valence-electron chi connectivity index (χ3n) is 4.38. The Kier molecular flexibility index (Phi) is 7.79. The van der Waals surface area contributed by atoms with Gasteiger partial charge in [0.15, 0.2) is 11.5 Å². The van der Waals surface area contributed by atoms with Crippen molar-refractivity contribution in [3.8, 4) is 11.5 Å². The predicted octanol–water partition coefficient (Wildman–Crippen LogP) is 6.62. The van der Waals surface area contributed by atoms with Crippen molar-refractivity contribution in [3.63, 3.8) is 0 Å². The van der Waals surface area contributed by atoms with Crippen LogP contribution in [0.4, 0.5) is 0 Å². The molecule has 0 saturated carbocycles. The maximum Gasteiger partial charge on any atom is 0.163 e. The molecule has 2 rings (SSSR count). The Morgan fingerprint density at radius 1 is 0.929 bits per heavy atom. The number of hydrogen-bond acceptors (Lipinski definition) is 3. The molecule has 0 aliphatic rings. The van der Waals surface area contributed by atoms with Gasteiger partial charge in [-0.05, 0) is 49.8 Å². The molecule has 0 radical (unpaired) electrons. The van der Waals surface area contributed by atoms with Crippen LogP contribution in [-0.4, -0.2) is 12.1 Å². The quantitative estimate of drug-likeness (QED) is 0.510. The summed E-state index contributed by atoms with van der Waals surface area (Å²) >= 11 is 6.57. The van der Waals surface area contributed by atoms with Gasteiger partial charge in [-0.15, -0.1) is 0 Å². The van der Waals surface area contributed by atoms with Crippen molar-refractivity contribution < 1.29 is 9.47 Å². The summed E-state index contributed by atoms with van der Waals surface area (Å²) in [7, 11) is 0. The number of benzene rings is 2. The molecular formula is C24H34ClNO2. The monoisotopic (exact) mass is 403 g/mol. The summed E-state index contributed by atoms with van der Waals surface area (Å²) in [5.74, 6) is 1.40. The molecule has 0 saturated heterocycles. The van der Waals surface area contributed by atoms with Gasteiger partial charge < -0.3 is 14.8 Å². The molecule has 2 aromatic carbocycles. The van der Waals surface area contributed by atoms with Crippen molar-refractivity contribution in [1.82, 2.24) is 5.32 Å². The predicted molar refractivity (Wildman–Crippen MR) is 118 cm³/mol. The number of halogens is 1. The van der Waals surface area contributed by atoms with Crippen molar-refractivity contribution in [2.24, 2.45) is 5.41 Å². The zero-order chi connectivity index (χ0) is 20.8. The lowest BCUT2D eigenvalue weighted by molar-refractivity contribution is 0.240. The first-order valence-corrected chi connectivity index (χ1v) is 10.3. The van der Waals surface area contributed by atoms with Gasteiger partial charge >= 0.3 is 0 Å². The molecule has 0 aromatic heterocycles. The Morgan fingerprint density at radius 3 is 2.18 bits per heavy atom. The van der Waals surface area contributed by atoms with Crippen LogP contribution in [0, 0.1) is 5.41 Å². The van der Waals surface area contributed by atoms with E-state index in [1.807, 2.05) is 49.4 Å². The van der Waals surface area contributed by atoms with Crippen LogP contribution in [0.15, 0.2) is 42.5 Å². The maximum atomic E-state index is 6.57. The molecular weight excluding hydrogens is 370 g/mol. The van der Waals surface area contributed by atoms with Gasteiger partial charge in [0.1, 0.15) is 6.61 Å². The van der Waals surface area contributed by atoms with Gasteiger partial charge in [-0.3, -0.25) is 0 Å². The fourth-order valence-corrected chi connectivity index (χ4v) is 3.77. The summed E-state index contributed by atoms with van der Waals surface area (Å²) in [5.41, 5.74) is 2.39. The first-order chi connectivity index (χ1) is 13.1. The minimum atomic E-state index is 0.00976. The van der Waals surface area contributed by atoms with Crippen LogP contribution >= 0.6 is 11.6 Å². The third kappa shape index (κ3) is 7.37. The highest BCUT2D eigenvalue weighted by Crippen LogP contribution is 2.35. The number of ether oxygens (including phenoxy) is 2. The van der Waals surface area contributed by atoms with E-state index in [4.69, 9.17) is 21.1 Å². The minimum Gasteiger partial charge on any atom is -0.490 e. The second-order valence-electron chi connectivity index (χ2n) is 9.07. The smallest absolute Gasteiger partial charge is 0.163 e. The summed E-state index contributed by atoms with van der Waals surface area (Å²) in [4.78, 5) is 0. The second kappa shape index (κ2) is 9.67. The van der Waals surface area contributed by atoms with Crippen LogP contribution in [0.25, 0.3) is 0 Å². The zero-order valence-electron chi connectivity index (χ0n) is 18.1. The molecule has 4 heteroatoms. The van der Waals surface area contributed by atoms with Gasteiger partial charge in [-0.25, -0.2) is 0 Å². The maximum absolute atomic E-state index is 6.57. The fraction of sp³-hybridized carbons (Fsp3) is 0.500. The van der Waals surface area contributed by atoms with E-state index in [0.29, 0.717) is 30.5 Å². The summed E-state index contributed by atoms with van der Waals surface area (Å²) in [5, 5.41) is 4.32. The second-order valence-corrected chi connectivity index (χ2v) is 9.48. The summed E-state index contributed by atoms with van der Waals surface area (Å²) < 4.78 is 11.8. The fourth-order valence-electron chi connectivity index (χ4n) is 3.55. The lowest BCUT2D eigenvalue weighted by Gasteiger charge is -2.33. The van der Waals surface area contributed by atoms with Crippen molar-refractivity contribution >= 4 is 11.6 Å². The molecule has 1 N–H and O–H groups in total. The van der Waals surface area contributed by atoms with Gasteiger partial charge in [0.25, 0.3) is 0 Å². The highest BCUT2D eigenvalue weighted by molar-refractivity contribution is 6.31. The van der Waals surface area contributed by atoms with E-state index >= 15 is 0 Å². The molecule has 3 nitrogen and oxygen atoms in total. The van der Waals surface area contributed by atoms with Crippen molar-refractivity contribution in [1.29, 1.82) is 0 Å². The van der Waals surface area contributed by atoms with Crippen molar-refractivity contribution in [3.05, 3.63) is 58.6 Å². The van der Waals surface area contributed by atoms with E-state index in [0.717, 1.165) is 23.3 Å². The highest BCUT2D eigenvalue weighted by Gasteiger charge is 2.25. The Balaban J connectivity index is 2.12. The number of hydrogen-bond donors (Lipinski definition) is 1. The summed E-state index contributed by atoms with van der Waals surface area (Å²) in [6.07, 6.45) is 1.06. The molecule has 0 bridgehead atoms. The van der Waals surface area contributed by atoms with Crippen LogP contribution in [-0.2, 0) is 13.2 Å². The van der Waals surface area contributed by atoms with E-state index in [-0.39, 0.29) is 11.0 Å². The molecule has 2 aromatic rings. The standard InChI is InChI=1S/C24H34ClNO2/c1-7-27-21-13-19(15-26-24(5,6)17-23(2,3)4)20(25)14-22(21)28-16-18-11-9-8-10-12-18/h8-14,26H,7,15-17H2,1-6H3. The van der Waals surface area contributed by atoms with Crippen molar-refractivity contribution in [2.75, 3.05) is 6.61 Å². The first kappa shape index (κ1) is 22.6. The van der Waals surface area contributed by atoms with E-state index in [1.165, 1.54) is 0 Å². The van der Waals surface area contributed by atoms with Gasteiger partial charge in [-0.1, -0.05) is 62.7 Å². The van der Waals surface area contributed by atoms with E-state index in [2.05, 4.69) is 39.9 Å². The zero-order valence-corrected chi connectivity index (χ0v) is 18.8. The van der Waals surface area contributed by atoms with Crippen LogP contribution < -0.4 is 14.8 Å². The average Bonchev–Trinajstić information content (AvgIpc) is 2.59. The van der Waals surface area contributed by atoms with Crippen LogP contribution in [0.1, 0.15) is 59.1 Å². The Labute approximate surface area is 175 Å². The summed E-state index contributed by atoms with van der Waals surface area (Å²) in [6.45, 7) is 14.9. The van der Waals surface area contributed by atoms with Crippen molar-refractivity contribution in [2.45, 2.75) is 66.7 Å². The molecule has 0 fully saturated rings. The van der Waals surface area contributed by atoms with E-state index < -0.39 is 0 Å². The van der Waals surface area contributed by atoms with E-state index in [9.17, 15) is 0 Å². The molecule has 154 valence electrons. The summed E-state index contributed by atoms with van der Waals surface area (Å²) in [6, 6.07) is 13.9. The Hall–Kier alpha value is -1.71. The van der Waals surface area contributed by atoms with Crippen LogP contribution in [0.5, 0.6) is 11.5 Å². The molecule has 28 heavy (non-hydrogen) atoms. The largest absolute Gasteiger partial charge is 0.490 e. The first-order valence-electron chi connectivity index (χ1n) is 9.96. The number of nitrogens with one attached hydrogen (secondary N) is 1. The van der Waals surface area contributed by atoms with Gasteiger partial charge in [0.05, 0.1) is 6.61 Å².